The van der Waals surface area contributed by atoms with E-state index in [1.165, 1.54) is 0 Å². The van der Waals surface area contributed by atoms with E-state index in [9.17, 15) is 4.79 Å². The number of carbonyl (C=O) groups excluding carboxylic acids is 1. The van der Waals surface area contributed by atoms with Crippen LogP contribution in [0.15, 0.2) is 18.2 Å². The van der Waals surface area contributed by atoms with E-state index in [1.807, 2.05) is 39.0 Å². The first-order valence-electron chi connectivity index (χ1n) is 7.52. The van der Waals surface area contributed by atoms with Crippen molar-refractivity contribution in [2.24, 2.45) is 5.92 Å². The highest BCUT2D eigenvalue weighted by atomic mass is 16.5. The number of benzene rings is 1. The fraction of sp³-hybridized carbons (Fsp3) is 0.588. The first kappa shape index (κ1) is 15.0. The van der Waals surface area contributed by atoms with E-state index >= 15 is 0 Å². The van der Waals surface area contributed by atoms with Crippen LogP contribution in [0.5, 0.6) is 5.75 Å². The highest BCUT2D eigenvalue weighted by Gasteiger charge is 2.31. The monoisotopic (exact) mass is 276 g/mol. The van der Waals surface area contributed by atoms with Crippen molar-refractivity contribution >= 4 is 5.78 Å². The van der Waals surface area contributed by atoms with Crippen molar-refractivity contribution < 1.29 is 14.3 Å². The normalized spacial score (nSPS) is 21.4. The molecule has 0 aliphatic heterocycles. The third-order valence-electron chi connectivity index (χ3n) is 3.80. The van der Waals surface area contributed by atoms with Gasteiger partial charge in [0, 0.05) is 13.0 Å². The van der Waals surface area contributed by atoms with E-state index in [4.69, 9.17) is 9.47 Å². The summed E-state index contributed by atoms with van der Waals surface area (Å²) in [6, 6.07) is 5.82. The first-order chi connectivity index (χ1) is 9.63. The summed E-state index contributed by atoms with van der Waals surface area (Å²) in [4.78, 5) is 12.4. The molecule has 0 atom stereocenters. The molecule has 0 heterocycles. The largest absolute Gasteiger partial charge is 0.493 e. The van der Waals surface area contributed by atoms with Crippen LogP contribution in [0.3, 0.4) is 0 Å². The molecule has 0 N–H and O–H groups in total. The number of carbonyl (C=O) groups is 1. The van der Waals surface area contributed by atoms with E-state index in [0.29, 0.717) is 30.8 Å². The predicted octanol–water partition coefficient (Wildman–Crippen LogP) is 3.78. The number of ether oxygens (including phenoxy) is 2. The maximum Gasteiger partial charge on any atom is 0.166 e. The average Bonchev–Trinajstić information content (AvgIpc) is 2.38. The van der Waals surface area contributed by atoms with Gasteiger partial charge in [0.05, 0.1) is 18.3 Å². The molecule has 20 heavy (non-hydrogen) atoms. The molecule has 0 radical (unpaired) electrons. The van der Waals surface area contributed by atoms with Gasteiger partial charge in [-0.3, -0.25) is 4.79 Å². The number of Topliss-reactive ketones (excluding diaryl/α,β-unsaturated/α-hetero) is 1. The van der Waals surface area contributed by atoms with Gasteiger partial charge in [-0.1, -0.05) is 11.6 Å². The van der Waals surface area contributed by atoms with Gasteiger partial charge in [0.1, 0.15) is 5.75 Å². The van der Waals surface area contributed by atoms with Gasteiger partial charge in [-0.2, -0.15) is 0 Å². The zero-order valence-electron chi connectivity index (χ0n) is 12.6. The molecular formula is C17H24O3. The lowest BCUT2D eigenvalue weighted by Crippen LogP contribution is -2.32. The molecule has 0 unspecified atom stereocenters. The zero-order valence-corrected chi connectivity index (χ0v) is 12.6. The Morgan fingerprint density at radius 1 is 1.25 bits per heavy atom. The SMILES string of the molecule is CCOc1ccc(C)cc1C(=O)CC1CC(OCC)C1. The molecule has 1 aliphatic rings. The Morgan fingerprint density at radius 2 is 2.00 bits per heavy atom. The Morgan fingerprint density at radius 3 is 2.65 bits per heavy atom. The first-order valence-corrected chi connectivity index (χ1v) is 7.52. The second-order valence-corrected chi connectivity index (χ2v) is 5.47. The summed E-state index contributed by atoms with van der Waals surface area (Å²) in [5.41, 5.74) is 1.82. The number of hydrogen-bond acceptors (Lipinski definition) is 3. The van der Waals surface area contributed by atoms with Crippen LogP contribution < -0.4 is 4.74 Å². The summed E-state index contributed by atoms with van der Waals surface area (Å²) in [6.07, 6.45) is 2.99. The third-order valence-corrected chi connectivity index (χ3v) is 3.80. The summed E-state index contributed by atoms with van der Waals surface area (Å²) in [5.74, 6) is 1.37. The summed E-state index contributed by atoms with van der Waals surface area (Å²) in [7, 11) is 0. The lowest BCUT2D eigenvalue weighted by Gasteiger charge is -2.34. The minimum atomic E-state index is 0.192. The zero-order chi connectivity index (χ0) is 14.5. The van der Waals surface area contributed by atoms with Crippen molar-refractivity contribution in [3.05, 3.63) is 29.3 Å². The van der Waals surface area contributed by atoms with Gasteiger partial charge >= 0.3 is 0 Å². The molecule has 1 fully saturated rings. The Hall–Kier alpha value is -1.35. The quantitative estimate of drug-likeness (QED) is 0.711. The van der Waals surface area contributed by atoms with E-state index in [2.05, 4.69) is 0 Å². The van der Waals surface area contributed by atoms with Crippen molar-refractivity contribution in [2.45, 2.75) is 46.1 Å². The van der Waals surface area contributed by atoms with Crippen LogP contribution in [-0.2, 0) is 4.74 Å². The molecular weight excluding hydrogens is 252 g/mol. The van der Waals surface area contributed by atoms with E-state index in [0.717, 1.165) is 30.6 Å². The van der Waals surface area contributed by atoms with Gasteiger partial charge in [-0.15, -0.1) is 0 Å². The van der Waals surface area contributed by atoms with Crippen LogP contribution in [0, 0.1) is 12.8 Å². The molecule has 0 saturated heterocycles. The number of ketones is 1. The lowest BCUT2D eigenvalue weighted by atomic mass is 9.78. The molecule has 1 aliphatic carbocycles. The second kappa shape index (κ2) is 6.89. The van der Waals surface area contributed by atoms with E-state index in [-0.39, 0.29) is 5.78 Å². The molecule has 2 rings (SSSR count). The van der Waals surface area contributed by atoms with Gasteiger partial charge in [0.15, 0.2) is 5.78 Å². The van der Waals surface area contributed by atoms with Gasteiger partial charge < -0.3 is 9.47 Å². The van der Waals surface area contributed by atoms with Crippen molar-refractivity contribution in [1.29, 1.82) is 0 Å². The third kappa shape index (κ3) is 3.60. The molecule has 3 heteroatoms. The number of aryl methyl sites for hydroxylation is 1. The molecule has 0 amide bonds. The Balaban J connectivity index is 1.97. The Kier molecular flexibility index (Phi) is 5.18. The Labute approximate surface area is 121 Å². The summed E-state index contributed by atoms with van der Waals surface area (Å²) in [6.45, 7) is 7.30. The van der Waals surface area contributed by atoms with Crippen LogP contribution in [0.2, 0.25) is 0 Å². The minimum Gasteiger partial charge on any atom is -0.493 e. The van der Waals surface area contributed by atoms with E-state index < -0.39 is 0 Å². The van der Waals surface area contributed by atoms with Crippen LogP contribution >= 0.6 is 0 Å². The lowest BCUT2D eigenvalue weighted by molar-refractivity contribution is -0.0246. The van der Waals surface area contributed by atoms with Crippen LogP contribution in [0.4, 0.5) is 0 Å². The predicted molar refractivity (Wildman–Crippen MR) is 79.4 cm³/mol. The maximum absolute atomic E-state index is 12.4. The van der Waals surface area contributed by atoms with Crippen molar-refractivity contribution in [2.75, 3.05) is 13.2 Å². The molecule has 0 bridgehead atoms. The fourth-order valence-electron chi connectivity index (χ4n) is 2.73. The molecule has 1 aromatic carbocycles. The Bertz CT molecular complexity index is 461. The van der Waals surface area contributed by atoms with Crippen LogP contribution in [0.25, 0.3) is 0 Å². The summed E-state index contributed by atoms with van der Waals surface area (Å²) >= 11 is 0. The van der Waals surface area contributed by atoms with Gasteiger partial charge in [-0.05, 0) is 51.7 Å². The summed E-state index contributed by atoms with van der Waals surface area (Å²) < 4.78 is 11.1. The van der Waals surface area contributed by atoms with E-state index in [1.54, 1.807) is 0 Å². The smallest absolute Gasteiger partial charge is 0.166 e. The topological polar surface area (TPSA) is 35.5 Å². The maximum atomic E-state index is 12.4. The molecule has 3 nitrogen and oxygen atoms in total. The van der Waals surface area contributed by atoms with Crippen molar-refractivity contribution in [3.63, 3.8) is 0 Å². The van der Waals surface area contributed by atoms with Crippen molar-refractivity contribution in [3.8, 4) is 5.75 Å². The number of hydrogen-bond donors (Lipinski definition) is 0. The standard InChI is InChI=1S/C17H24O3/c1-4-19-14-9-13(10-14)11-16(18)15-8-12(3)6-7-17(15)20-5-2/h6-8,13-14H,4-5,9-11H2,1-3H3. The van der Waals surface area contributed by atoms with Crippen LogP contribution in [0.1, 0.15) is 49.0 Å². The molecule has 1 saturated carbocycles. The average molecular weight is 276 g/mol. The van der Waals surface area contributed by atoms with Gasteiger partial charge in [-0.25, -0.2) is 0 Å². The highest BCUT2D eigenvalue weighted by Crippen LogP contribution is 2.34. The molecule has 0 aromatic heterocycles. The van der Waals surface area contributed by atoms with Gasteiger partial charge in [0.25, 0.3) is 0 Å². The highest BCUT2D eigenvalue weighted by molar-refractivity contribution is 5.99. The molecule has 110 valence electrons. The molecule has 0 spiro atoms. The van der Waals surface area contributed by atoms with Crippen molar-refractivity contribution in [1.82, 2.24) is 0 Å². The number of rotatable bonds is 7. The fourth-order valence-corrected chi connectivity index (χ4v) is 2.73. The minimum absolute atomic E-state index is 0.192. The molecule has 1 aromatic rings. The van der Waals surface area contributed by atoms with Crippen LogP contribution in [-0.4, -0.2) is 25.1 Å². The second-order valence-electron chi connectivity index (χ2n) is 5.47. The van der Waals surface area contributed by atoms with Gasteiger partial charge in [0.2, 0.25) is 0 Å². The summed E-state index contributed by atoms with van der Waals surface area (Å²) in [5, 5.41) is 0.